The van der Waals surface area contributed by atoms with Crippen LogP contribution < -0.4 is 0 Å². The summed E-state index contributed by atoms with van der Waals surface area (Å²) < 4.78 is 5.27. The van der Waals surface area contributed by atoms with Crippen molar-refractivity contribution >= 4 is 17.3 Å². The number of nitrogens with zero attached hydrogens (tertiary/aromatic N) is 4. The van der Waals surface area contributed by atoms with Gasteiger partial charge >= 0.3 is 0 Å². The third kappa shape index (κ3) is 2.01. The van der Waals surface area contributed by atoms with E-state index in [-0.39, 0.29) is 5.91 Å². The molecule has 2 fully saturated rings. The van der Waals surface area contributed by atoms with E-state index in [4.69, 9.17) is 4.74 Å². The van der Waals surface area contributed by atoms with E-state index in [0.29, 0.717) is 24.2 Å². The summed E-state index contributed by atoms with van der Waals surface area (Å²) in [6, 6.07) is 0.972. The molecule has 22 heavy (non-hydrogen) atoms. The van der Waals surface area contributed by atoms with Crippen LogP contribution in [0.1, 0.15) is 19.3 Å². The topological polar surface area (TPSA) is 57.5 Å². The average Bonchev–Trinajstić information content (AvgIpc) is 3.02. The second-order valence-electron chi connectivity index (χ2n) is 6.33. The molecule has 0 aromatic rings. The molecule has 2 atom stereocenters. The second kappa shape index (κ2) is 5.05. The van der Waals surface area contributed by atoms with E-state index < -0.39 is 0 Å². The number of fused-ring (bicyclic) bond motifs is 3. The van der Waals surface area contributed by atoms with Gasteiger partial charge in [0.2, 0.25) is 0 Å². The van der Waals surface area contributed by atoms with Crippen LogP contribution in [0.2, 0.25) is 0 Å². The van der Waals surface area contributed by atoms with Gasteiger partial charge < -0.3 is 9.64 Å². The van der Waals surface area contributed by atoms with Gasteiger partial charge in [0.15, 0.2) is 5.71 Å². The highest BCUT2D eigenvalue weighted by molar-refractivity contribution is 6.53. The lowest BCUT2D eigenvalue weighted by atomic mass is 9.97. The highest BCUT2D eigenvalue weighted by Crippen LogP contribution is 2.30. The predicted molar refractivity (Wildman–Crippen MR) is 83.8 cm³/mol. The van der Waals surface area contributed by atoms with Crippen molar-refractivity contribution in [3.8, 4) is 0 Å². The molecule has 3 heterocycles. The number of ether oxygens (including phenoxy) is 1. The number of carbonyl (C=O) groups is 1. The zero-order chi connectivity index (χ0) is 15.3. The fourth-order valence-electron chi connectivity index (χ4n) is 3.79. The minimum absolute atomic E-state index is 0.00681. The van der Waals surface area contributed by atoms with Crippen LogP contribution in [0.3, 0.4) is 0 Å². The lowest BCUT2D eigenvalue weighted by molar-refractivity contribution is -0.127. The number of piperazine rings is 1. The molecule has 2 unspecified atom stereocenters. The molecule has 0 aromatic carbocycles. The Hall–Kier alpha value is -1.95. The standard InChI is InChI=1S/C16H20N4O2/c1-19-10-3-4-11(19)9-20(8-10)16(21)15-13-7-12(22-2)5-6-14(13)17-18-15/h5,7,10-11H,3-4,6,8-9H2,1-2H3. The fourth-order valence-corrected chi connectivity index (χ4v) is 3.79. The van der Waals surface area contributed by atoms with Gasteiger partial charge in [-0.2, -0.15) is 5.10 Å². The number of methoxy groups -OCH3 is 1. The van der Waals surface area contributed by atoms with Gasteiger partial charge in [-0.05, 0) is 32.0 Å². The van der Waals surface area contributed by atoms with Crippen molar-refractivity contribution in [2.45, 2.75) is 31.3 Å². The molecule has 0 radical (unpaired) electrons. The minimum atomic E-state index is 0.00681. The first-order valence-electron chi connectivity index (χ1n) is 7.79. The molecule has 2 bridgehead atoms. The van der Waals surface area contributed by atoms with Crippen molar-refractivity contribution in [2.24, 2.45) is 10.2 Å². The molecule has 6 heteroatoms. The highest BCUT2D eigenvalue weighted by Gasteiger charge is 2.41. The van der Waals surface area contributed by atoms with Crippen molar-refractivity contribution in [3.63, 3.8) is 0 Å². The van der Waals surface area contributed by atoms with Gasteiger partial charge in [-0.25, -0.2) is 0 Å². The van der Waals surface area contributed by atoms with Gasteiger partial charge in [-0.1, -0.05) is 0 Å². The number of hydrogen-bond donors (Lipinski definition) is 0. The highest BCUT2D eigenvalue weighted by atomic mass is 16.5. The molecular weight excluding hydrogens is 280 g/mol. The summed E-state index contributed by atoms with van der Waals surface area (Å²) >= 11 is 0. The first-order chi connectivity index (χ1) is 10.7. The average molecular weight is 300 g/mol. The van der Waals surface area contributed by atoms with Gasteiger partial charge in [0.1, 0.15) is 5.76 Å². The van der Waals surface area contributed by atoms with Crippen LogP contribution in [0.4, 0.5) is 0 Å². The molecule has 0 spiro atoms. The van der Waals surface area contributed by atoms with Gasteiger partial charge in [-0.15, -0.1) is 5.10 Å². The SMILES string of the molecule is COC1=CCC2=NN=C(C(=O)N3CC4CCC(C3)N4C)C2=C1. The summed E-state index contributed by atoms with van der Waals surface area (Å²) in [6.45, 7) is 1.58. The lowest BCUT2D eigenvalue weighted by Crippen LogP contribution is -2.55. The monoisotopic (exact) mass is 300 g/mol. The number of carbonyl (C=O) groups excluding carboxylic acids is 1. The Kier molecular flexibility index (Phi) is 3.14. The molecule has 4 aliphatic rings. The van der Waals surface area contributed by atoms with E-state index in [2.05, 4.69) is 22.2 Å². The van der Waals surface area contributed by atoms with E-state index in [9.17, 15) is 4.79 Å². The number of likely N-dealkylation sites (N-methyl/N-ethyl adjacent to an activating group) is 1. The van der Waals surface area contributed by atoms with E-state index in [1.54, 1.807) is 7.11 Å². The molecule has 2 saturated heterocycles. The maximum atomic E-state index is 12.9. The fraction of sp³-hybridized carbons (Fsp3) is 0.562. The number of amides is 1. The first-order valence-corrected chi connectivity index (χ1v) is 7.79. The molecule has 1 amide bonds. The molecule has 0 aromatic heterocycles. The molecular formula is C16H20N4O2. The molecule has 0 saturated carbocycles. The van der Waals surface area contributed by atoms with Crippen molar-refractivity contribution in [1.29, 1.82) is 0 Å². The molecule has 0 N–H and O–H groups in total. The first kappa shape index (κ1) is 13.7. The van der Waals surface area contributed by atoms with Crippen molar-refractivity contribution in [3.05, 3.63) is 23.5 Å². The Balaban J connectivity index is 1.55. The van der Waals surface area contributed by atoms with Crippen LogP contribution in [-0.4, -0.2) is 66.5 Å². The number of likely N-dealkylation sites (tertiary alicyclic amines) is 1. The van der Waals surface area contributed by atoms with Gasteiger partial charge in [0.25, 0.3) is 5.91 Å². The van der Waals surface area contributed by atoms with Crippen molar-refractivity contribution < 1.29 is 9.53 Å². The summed E-state index contributed by atoms with van der Waals surface area (Å²) in [6.07, 6.45) is 6.86. The maximum absolute atomic E-state index is 12.9. The van der Waals surface area contributed by atoms with Crippen molar-refractivity contribution in [1.82, 2.24) is 9.80 Å². The largest absolute Gasteiger partial charge is 0.497 e. The lowest BCUT2D eigenvalue weighted by Gasteiger charge is -2.38. The summed E-state index contributed by atoms with van der Waals surface area (Å²) in [5.41, 5.74) is 2.17. The number of rotatable bonds is 2. The number of hydrogen-bond acceptors (Lipinski definition) is 5. The van der Waals surface area contributed by atoms with Crippen LogP contribution in [-0.2, 0) is 9.53 Å². The van der Waals surface area contributed by atoms with E-state index in [0.717, 1.165) is 30.1 Å². The van der Waals surface area contributed by atoms with Crippen LogP contribution >= 0.6 is 0 Å². The molecule has 4 rings (SSSR count). The molecule has 3 aliphatic heterocycles. The third-order valence-electron chi connectivity index (χ3n) is 5.19. The maximum Gasteiger partial charge on any atom is 0.275 e. The van der Waals surface area contributed by atoms with Crippen LogP contribution in [0.15, 0.2) is 33.7 Å². The Bertz CT molecular complexity index is 633. The normalized spacial score (nSPS) is 30.4. The molecule has 116 valence electrons. The summed E-state index contributed by atoms with van der Waals surface area (Å²) in [4.78, 5) is 17.2. The second-order valence-corrected chi connectivity index (χ2v) is 6.33. The van der Waals surface area contributed by atoms with E-state index in [1.165, 1.54) is 12.8 Å². The molecule has 1 aliphatic carbocycles. The predicted octanol–water partition coefficient (Wildman–Crippen LogP) is 0.962. The van der Waals surface area contributed by atoms with Crippen LogP contribution in [0, 0.1) is 0 Å². The van der Waals surface area contributed by atoms with Crippen LogP contribution in [0.25, 0.3) is 0 Å². The summed E-state index contributed by atoms with van der Waals surface area (Å²) in [5, 5.41) is 8.33. The zero-order valence-corrected chi connectivity index (χ0v) is 13.0. The third-order valence-corrected chi connectivity index (χ3v) is 5.19. The Morgan fingerprint density at radius 1 is 1.27 bits per heavy atom. The zero-order valence-electron chi connectivity index (χ0n) is 13.0. The Morgan fingerprint density at radius 3 is 2.68 bits per heavy atom. The smallest absolute Gasteiger partial charge is 0.275 e. The van der Waals surface area contributed by atoms with Crippen molar-refractivity contribution in [2.75, 3.05) is 27.2 Å². The van der Waals surface area contributed by atoms with Gasteiger partial charge in [-0.3, -0.25) is 9.69 Å². The Labute approximate surface area is 129 Å². The van der Waals surface area contributed by atoms with Gasteiger partial charge in [0.05, 0.1) is 12.8 Å². The minimum Gasteiger partial charge on any atom is -0.497 e. The number of allylic oxidation sites excluding steroid dienone is 2. The summed E-state index contributed by atoms with van der Waals surface area (Å²) in [7, 11) is 3.80. The quantitative estimate of drug-likeness (QED) is 0.763. The van der Waals surface area contributed by atoms with Gasteiger partial charge in [0, 0.05) is 37.2 Å². The summed E-state index contributed by atoms with van der Waals surface area (Å²) in [5.74, 6) is 0.780. The van der Waals surface area contributed by atoms with E-state index >= 15 is 0 Å². The Morgan fingerprint density at radius 2 is 2.00 bits per heavy atom. The van der Waals surface area contributed by atoms with Crippen LogP contribution in [0.5, 0.6) is 0 Å². The molecule has 6 nitrogen and oxygen atoms in total. The van der Waals surface area contributed by atoms with E-state index in [1.807, 2.05) is 17.1 Å².